The largest absolute Gasteiger partial charge is 0.384 e. The Morgan fingerprint density at radius 3 is 2.22 bits per heavy atom. The Labute approximate surface area is 186 Å². The molecule has 0 unspecified atom stereocenters. The zero-order chi connectivity index (χ0) is 22.6. The molecule has 0 amide bonds. The van der Waals surface area contributed by atoms with Crippen LogP contribution in [0.3, 0.4) is 0 Å². The maximum atomic E-state index is 13.8. The van der Waals surface area contributed by atoms with E-state index in [-0.39, 0.29) is 21.1 Å². The van der Waals surface area contributed by atoms with E-state index in [2.05, 4.69) is 0 Å². The molecule has 6 nitrogen and oxygen atoms in total. The Balaban J connectivity index is 1.92. The van der Waals surface area contributed by atoms with Crippen molar-refractivity contribution in [2.24, 2.45) is 0 Å². The zero-order valence-corrected chi connectivity index (χ0v) is 18.8. The molecule has 0 atom stereocenters. The van der Waals surface area contributed by atoms with Gasteiger partial charge in [0, 0.05) is 5.69 Å². The van der Waals surface area contributed by atoms with E-state index in [9.17, 15) is 8.42 Å². The van der Waals surface area contributed by atoms with Crippen molar-refractivity contribution in [1.29, 1.82) is 0 Å². The monoisotopic (exact) mass is 442 g/mol. The van der Waals surface area contributed by atoms with Gasteiger partial charge in [-0.1, -0.05) is 30.3 Å². The van der Waals surface area contributed by atoms with Gasteiger partial charge in [-0.2, -0.15) is 0 Å². The van der Waals surface area contributed by atoms with Gasteiger partial charge in [-0.15, -0.1) is 0 Å². The van der Waals surface area contributed by atoms with Crippen LogP contribution in [0.1, 0.15) is 16.7 Å². The van der Waals surface area contributed by atoms with Gasteiger partial charge < -0.3 is 5.73 Å². The Hall–Kier alpha value is -3.71. The first kappa shape index (κ1) is 20.2. The van der Waals surface area contributed by atoms with Gasteiger partial charge in [-0.05, 0) is 73.9 Å². The second-order valence-electron chi connectivity index (χ2n) is 8.02. The first-order valence-electron chi connectivity index (χ1n) is 10.2. The second-order valence-corrected chi connectivity index (χ2v) is 9.91. The van der Waals surface area contributed by atoms with Gasteiger partial charge in [0.25, 0.3) is 0 Å². The second kappa shape index (κ2) is 7.17. The third-order valence-corrected chi connectivity index (χ3v) is 7.58. The van der Waals surface area contributed by atoms with Gasteiger partial charge in [0.05, 0.1) is 15.9 Å². The lowest BCUT2D eigenvalue weighted by molar-refractivity contribution is 0.597. The molecule has 0 aliphatic carbocycles. The standard InChI is InChI=1S/C25H22N4O2S/c1-15-7-6-8-19(13-15)32(30,31)23-22-25(28-21-10-5-4-9-20(21)27-22)29(24(23)26)18-12-11-16(2)17(3)14-18/h4-14H,26H2,1-3H3. The van der Waals surface area contributed by atoms with Crippen LogP contribution in [0.2, 0.25) is 0 Å². The molecule has 2 heterocycles. The SMILES string of the molecule is Cc1cccc(S(=O)(=O)c2c(N)n(-c3ccc(C)c(C)c3)c3nc4ccccc4nc23)c1. The fourth-order valence-electron chi connectivity index (χ4n) is 3.93. The number of para-hydroxylation sites is 2. The van der Waals surface area contributed by atoms with Crippen LogP contribution < -0.4 is 5.73 Å². The number of sulfone groups is 1. The first-order chi connectivity index (χ1) is 15.3. The number of aromatic nitrogens is 3. The van der Waals surface area contributed by atoms with Gasteiger partial charge in [-0.25, -0.2) is 18.4 Å². The summed E-state index contributed by atoms with van der Waals surface area (Å²) in [6.07, 6.45) is 0. The minimum Gasteiger partial charge on any atom is -0.384 e. The summed E-state index contributed by atoms with van der Waals surface area (Å²) in [4.78, 5) is 9.62. The number of nitrogens with zero attached hydrogens (tertiary/aromatic N) is 3. The molecule has 0 aliphatic rings. The molecule has 2 N–H and O–H groups in total. The van der Waals surface area contributed by atoms with Gasteiger partial charge >= 0.3 is 0 Å². The Kier molecular flexibility index (Phi) is 4.53. The highest BCUT2D eigenvalue weighted by Gasteiger charge is 2.30. The lowest BCUT2D eigenvalue weighted by Crippen LogP contribution is -2.07. The van der Waals surface area contributed by atoms with Crippen molar-refractivity contribution in [3.8, 4) is 5.69 Å². The van der Waals surface area contributed by atoms with E-state index in [0.29, 0.717) is 16.7 Å². The summed E-state index contributed by atoms with van der Waals surface area (Å²) in [5, 5.41) is 0. The van der Waals surface area contributed by atoms with Gasteiger partial charge in [0.1, 0.15) is 16.2 Å². The highest BCUT2D eigenvalue weighted by Crippen LogP contribution is 2.37. The Bertz CT molecular complexity index is 1640. The summed E-state index contributed by atoms with van der Waals surface area (Å²) in [5.41, 5.74) is 12.3. The third-order valence-electron chi connectivity index (χ3n) is 5.77. The van der Waals surface area contributed by atoms with Crippen LogP contribution >= 0.6 is 0 Å². The summed E-state index contributed by atoms with van der Waals surface area (Å²) < 4.78 is 29.2. The number of hydrogen-bond acceptors (Lipinski definition) is 5. The lowest BCUT2D eigenvalue weighted by atomic mass is 10.1. The maximum absolute atomic E-state index is 13.8. The zero-order valence-electron chi connectivity index (χ0n) is 18.0. The van der Waals surface area contributed by atoms with Crippen molar-refractivity contribution in [3.63, 3.8) is 0 Å². The van der Waals surface area contributed by atoms with Crippen LogP contribution in [-0.2, 0) is 9.84 Å². The van der Waals surface area contributed by atoms with Crippen molar-refractivity contribution < 1.29 is 8.42 Å². The number of benzene rings is 3. The van der Waals surface area contributed by atoms with E-state index < -0.39 is 9.84 Å². The van der Waals surface area contributed by atoms with Crippen molar-refractivity contribution in [1.82, 2.24) is 14.5 Å². The number of aryl methyl sites for hydroxylation is 3. The minimum absolute atomic E-state index is 0.0189. The summed E-state index contributed by atoms with van der Waals surface area (Å²) in [5.74, 6) is 0.0973. The van der Waals surface area contributed by atoms with E-state index in [1.807, 2.05) is 69.3 Å². The molecule has 3 aromatic carbocycles. The molecule has 0 spiro atoms. The number of hydrogen-bond donors (Lipinski definition) is 1. The molecule has 5 rings (SSSR count). The van der Waals surface area contributed by atoms with Crippen molar-refractivity contribution in [3.05, 3.63) is 83.4 Å². The van der Waals surface area contributed by atoms with Crippen LogP contribution in [0.4, 0.5) is 5.82 Å². The van der Waals surface area contributed by atoms with E-state index in [1.165, 1.54) is 0 Å². The lowest BCUT2D eigenvalue weighted by Gasteiger charge is -2.10. The average Bonchev–Trinajstić information content (AvgIpc) is 3.05. The molecule has 7 heteroatoms. The number of rotatable bonds is 3. The number of nitrogens with two attached hydrogens (primary N) is 1. The molecule has 160 valence electrons. The van der Waals surface area contributed by atoms with Crippen LogP contribution in [-0.4, -0.2) is 23.0 Å². The third kappa shape index (κ3) is 3.05. The van der Waals surface area contributed by atoms with Crippen LogP contribution in [0, 0.1) is 20.8 Å². The molecule has 0 saturated carbocycles. The van der Waals surface area contributed by atoms with Gasteiger partial charge in [0.15, 0.2) is 5.65 Å². The topological polar surface area (TPSA) is 90.9 Å². The number of anilines is 1. The first-order valence-corrected chi connectivity index (χ1v) is 11.7. The molecular formula is C25H22N4O2S. The predicted octanol–water partition coefficient (Wildman–Crippen LogP) is 4.91. The molecule has 0 fully saturated rings. The van der Waals surface area contributed by atoms with E-state index in [1.54, 1.807) is 22.8 Å². The molecule has 0 radical (unpaired) electrons. The van der Waals surface area contributed by atoms with Gasteiger partial charge in [-0.3, -0.25) is 4.57 Å². The van der Waals surface area contributed by atoms with Crippen LogP contribution in [0.15, 0.2) is 76.5 Å². The van der Waals surface area contributed by atoms with Gasteiger partial charge in [0.2, 0.25) is 9.84 Å². The fraction of sp³-hybridized carbons (Fsp3) is 0.120. The molecule has 32 heavy (non-hydrogen) atoms. The summed E-state index contributed by atoms with van der Waals surface area (Å²) in [6, 6.07) is 20.1. The van der Waals surface area contributed by atoms with Crippen LogP contribution in [0.5, 0.6) is 0 Å². The summed E-state index contributed by atoms with van der Waals surface area (Å²) >= 11 is 0. The Morgan fingerprint density at radius 1 is 0.812 bits per heavy atom. The molecular weight excluding hydrogens is 420 g/mol. The van der Waals surface area contributed by atoms with Crippen molar-refractivity contribution >= 4 is 37.9 Å². The van der Waals surface area contributed by atoms with Crippen molar-refractivity contribution in [2.75, 3.05) is 5.73 Å². The quantitative estimate of drug-likeness (QED) is 0.428. The maximum Gasteiger partial charge on any atom is 0.212 e. The smallest absolute Gasteiger partial charge is 0.212 e. The summed E-state index contributed by atoms with van der Waals surface area (Å²) in [7, 11) is -3.94. The molecule has 2 aromatic heterocycles. The Morgan fingerprint density at radius 2 is 1.53 bits per heavy atom. The highest BCUT2D eigenvalue weighted by molar-refractivity contribution is 7.92. The number of fused-ring (bicyclic) bond motifs is 2. The minimum atomic E-state index is -3.94. The van der Waals surface area contributed by atoms with E-state index in [0.717, 1.165) is 22.4 Å². The summed E-state index contributed by atoms with van der Waals surface area (Å²) in [6.45, 7) is 5.89. The van der Waals surface area contributed by atoms with E-state index >= 15 is 0 Å². The van der Waals surface area contributed by atoms with Crippen molar-refractivity contribution in [2.45, 2.75) is 30.6 Å². The van der Waals surface area contributed by atoms with E-state index in [4.69, 9.17) is 15.7 Å². The molecule has 5 aromatic rings. The number of nitrogen functional groups attached to an aromatic ring is 1. The highest BCUT2D eigenvalue weighted by atomic mass is 32.2. The fourth-order valence-corrected chi connectivity index (χ4v) is 5.52. The normalized spacial score (nSPS) is 12.0. The average molecular weight is 443 g/mol. The molecule has 0 bridgehead atoms. The molecule has 0 aliphatic heterocycles. The predicted molar refractivity (Wildman–Crippen MR) is 127 cm³/mol. The van der Waals surface area contributed by atoms with Crippen LogP contribution in [0.25, 0.3) is 27.9 Å². The molecule has 0 saturated heterocycles.